The molecule has 1 saturated heterocycles. The third-order valence-corrected chi connectivity index (χ3v) is 6.45. The number of alkyl halides is 3. The minimum atomic E-state index is -4.52. The van der Waals surface area contributed by atoms with E-state index in [1.54, 1.807) is 17.0 Å². The van der Waals surface area contributed by atoms with Gasteiger partial charge in [0.2, 0.25) is 5.88 Å². The molecule has 0 bridgehead atoms. The molecular formula is C27H27F3N4O3. The molecule has 0 atom stereocenters. The molecule has 37 heavy (non-hydrogen) atoms. The molecule has 7 nitrogen and oxygen atoms in total. The van der Waals surface area contributed by atoms with E-state index in [0.29, 0.717) is 31.3 Å². The number of ether oxygens (including phenoxy) is 1. The van der Waals surface area contributed by atoms with Crippen molar-refractivity contribution in [2.45, 2.75) is 38.8 Å². The van der Waals surface area contributed by atoms with Crippen molar-refractivity contribution in [3.63, 3.8) is 0 Å². The highest BCUT2D eigenvalue weighted by atomic mass is 19.4. The van der Waals surface area contributed by atoms with Crippen LogP contribution in [0.15, 0.2) is 54.9 Å². The first-order chi connectivity index (χ1) is 17.7. The van der Waals surface area contributed by atoms with E-state index < -0.39 is 17.6 Å². The topological polar surface area (TPSA) is 84.4 Å². The van der Waals surface area contributed by atoms with Crippen LogP contribution in [0.5, 0.6) is 5.88 Å². The zero-order valence-electron chi connectivity index (χ0n) is 20.5. The quantitative estimate of drug-likeness (QED) is 0.473. The van der Waals surface area contributed by atoms with Crippen LogP contribution >= 0.6 is 0 Å². The molecule has 2 amide bonds. The Morgan fingerprint density at radius 1 is 1.05 bits per heavy atom. The highest BCUT2D eigenvalue weighted by Crippen LogP contribution is 2.33. The number of nitrogens with one attached hydrogen (secondary N) is 1. The van der Waals surface area contributed by atoms with Crippen molar-refractivity contribution in [2.24, 2.45) is 0 Å². The summed E-state index contributed by atoms with van der Waals surface area (Å²) in [6, 6.07) is 10.8. The molecule has 0 spiro atoms. The number of rotatable bonds is 6. The minimum Gasteiger partial charge on any atom is -0.477 e. The molecule has 2 heterocycles. The Bertz CT molecular complexity index is 1250. The molecule has 3 aromatic rings. The number of hydrogen-bond acceptors (Lipinski definition) is 5. The summed E-state index contributed by atoms with van der Waals surface area (Å²) in [7, 11) is 0. The summed E-state index contributed by atoms with van der Waals surface area (Å²) in [4.78, 5) is 35.4. The Kier molecular flexibility index (Phi) is 7.75. The van der Waals surface area contributed by atoms with Gasteiger partial charge in [0.1, 0.15) is 5.69 Å². The van der Waals surface area contributed by atoms with Gasteiger partial charge >= 0.3 is 6.18 Å². The molecule has 0 unspecified atom stereocenters. The van der Waals surface area contributed by atoms with E-state index >= 15 is 0 Å². The molecule has 1 aliphatic rings. The Morgan fingerprint density at radius 2 is 1.76 bits per heavy atom. The Morgan fingerprint density at radius 3 is 2.35 bits per heavy atom. The van der Waals surface area contributed by atoms with Crippen LogP contribution in [0.3, 0.4) is 0 Å². The van der Waals surface area contributed by atoms with Crippen LogP contribution < -0.4 is 10.1 Å². The maximum absolute atomic E-state index is 13.2. The number of carbonyl (C=O) groups excluding carboxylic acids is 2. The molecule has 194 valence electrons. The lowest BCUT2D eigenvalue weighted by atomic mass is 9.89. The van der Waals surface area contributed by atoms with E-state index in [2.05, 4.69) is 15.3 Å². The third kappa shape index (κ3) is 6.07. The lowest BCUT2D eigenvalue weighted by Gasteiger charge is -2.32. The van der Waals surface area contributed by atoms with Crippen molar-refractivity contribution >= 4 is 17.5 Å². The van der Waals surface area contributed by atoms with Crippen LogP contribution in [0.1, 0.15) is 63.2 Å². The number of likely N-dealkylation sites (tertiary alicyclic amines) is 1. The van der Waals surface area contributed by atoms with Crippen molar-refractivity contribution in [1.29, 1.82) is 0 Å². The second kappa shape index (κ2) is 11.0. The van der Waals surface area contributed by atoms with Crippen LogP contribution in [0.2, 0.25) is 0 Å². The summed E-state index contributed by atoms with van der Waals surface area (Å²) >= 11 is 0. The number of hydrogen-bond donors (Lipinski definition) is 1. The van der Waals surface area contributed by atoms with Crippen LogP contribution in [-0.4, -0.2) is 46.4 Å². The Balaban J connectivity index is 1.34. The van der Waals surface area contributed by atoms with E-state index in [0.717, 1.165) is 24.5 Å². The van der Waals surface area contributed by atoms with Crippen molar-refractivity contribution in [3.05, 3.63) is 82.8 Å². The Hall–Kier alpha value is -3.95. The number of amides is 2. The summed E-state index contributed by atoms with van der Waals surface area (Å²) < 4.78 is 44.8. The standard InChI is InChI=1S/C27H27F3N4O3/c1-3-37-24-16-31-23(15-32-24)26(36)34-13-11-19(12-14-34)18-7-9-20(10-8-18)33-25(35)21-5-4-6-22(17(21)2)27(28,29)30/h4-10,15-16,19H,3,11-14H2,1-2H3,(H,33,35). The number of nitrogens with zero attached hydrogens (tertiary/aromatic N) is 3. The van der Waals surface area contributed by atoms with E-state index in [-0.39, 0.29) is 28.6 Å². The maximum Gasteiger partial charge on any atom is 0.416 e. The lowest BCUT2D eigenvalue weighted by Crippen LogP contribution is -2.38. The molecule has 10 heteroatoms. The first kappa shape index (κ1) is 26.1. The summed E-state index contributed by atoms with van der Waals surface area (Å²) in [5, 5.41) is 2.68. The normalized spacial score (nSPS) is 14.4. The molecule has 1 aromatic heterocycles. The van der Waals surface area contributed by atoms with Crippen molar-refractivity contribution in [1.82, 2.24) is 14.9 Å². The fourth-order valence-corrected chi connectivity index (χ4v) is 4.45. The average molecular weight is 513 g/mol. The third-order valence-electron chi connectivity index (χ3n) is 6.45. The smallest absolute Gasteiger partial charge is 0.416 e. The number of halogens is 3. The molecule has 1 N–H and O–H groups in total. The van der Waals surface area contributed by atoms with Crippen LogP contribution in [-0.2, 0) is 6.18 Å². The van der Waals surface area contributed by atoms with Gasteiger partial charge in [0.15, 0.2) is 0 Å². The first-order valence-corrected chi connectivity index (χ1v) is 12.0. The van der Waals surface area contributed by atoms with E-state index in [4.69, 9.17) is 4.74 Å². The number of anilines is 1. The summed E-state index contributed by atoms with van der Waals surface area (Å²) in [6.45, 7) is 4.76. The number of aromatic nitrogens is 2. The van der Waals surface area contributed by atoms with Crippen molar-refractivity contribution in [2.75, 3.05) is 25.0 Å². The van der Waals surface area contributed by atoms with Crippen molar-refractivity contribution < 1.29 is 27.5 Å². The number of benzene rings is 2. The Labute approximate surface area is 212 Å². The predicted molar refractivity (Wildman–Crippen MR) is 132 cm³/mol. The van der Waals surface area contributed by atoms with Gasteiger partial charge in [-0.25, -0.2) is 9.97 Å². The van der Waals surface area contributed by atoms with E-state index in [1.165, 1.54) is 31.5 Å². The average Bonchev–Trinajstić information content (AvgIpc) is 2.89. The predicted octanol–water partition coefficient (Wildman–Crippen LogP) is 5.47. The van der Waals surface area contributed by atoms with Gasteiger partial charge in [-0.15, -0.1) is 0 Å². The molecule has 1 fully saturated rings. The zero-order valence-corrected chi connectivity index (χ0v) is 20.5. The molecule has 1 aliphatic heterocycles. The maximum atomic E-state index is 13.2. The summed E-state index contributed by atoms with van der Waals surface area (Å²) in [6.07, 6.45) is -0.119. The fraction of sp³-hybridized carbons (Fsp3) is 0.333. The van der Waals surface area contributed by atoms with Gasteiger partial charge in [-0.3, -0.25) is 9.59 Å². The largest absolute Gasteiger partial charge is 0.477 e. The number of carbonyl (C=O) groups is 2. The zero-order chi connectivity index (χ0) is 26.6. The first-order valence-electron chi connectivity index (χ1n) is 12.0. The van der Waals surface area contributed by atoms with Gasteiger partial charge in [-0.2, -0.15) is 13.2 Å². The lowest BCUT2D eigenvalue weighted by molar-refractivity contribution is -0.138. The summed E-state index contributed by atoms with van der Waals surface area (Å²) in [5.41, 5.74) is 0.885. The molecule has 4 rings (SSSR count). The van der Waals surface area contributed by atoms with Gasteiger partial charge in [-0.05, 0) is 68.0 Å². The van der Waals surface area contributed by atoms with E-state index in [9.17, 15) is 22.8 Å². The minimum absolute atomic E-state index is 0.0202. The fourth-order valence-electron chi connectivity index (χ4n) is 4.45. The highest BCUT2D eigenvalue weighted by Gasteiger charge is 2.33. The van der Waals surface area contributed by atoms with Crippen LogP contribution in [0.25, 0.3) is 0 Å². The monoisotopic (exact) mass is 512 g/mol. The molecular weight excluding hydrogens is 485 g/mol. The van der Waals surface area contributed by atoms with Gasteiger partial charge in [-0.1, -0.05) is 18.2 Å². The summed E-state index contributed by atoms with van der Waals surface area (Å²) in [5.74, 6) is -0.147. The van der Waals surface area contributed by atoms with E-state index in [1.807, 2.05) is 19.1 Å². The van der Waals surface area contributed by atoms with Crippen LogP contribution in [0.4, 0.5) is 18.9 Å². The molecule has 0 radical (unpaired) electrons. The highest BCUT2D eigenvalue weighted by molar-refractivity contribution is 6.05. The van der Waals surface area contributed by atoms with Gasteiger partial charge in [0.05, 0.1) is 24.6 Å². The molecule has 0 aliphatic carbocycles. The second-order valence-electron chi connectivity index (χ2n) is 8.79. The van der Waals surface area contributed by atoms with Crippen molar-refractivity contribution in [3.8, 4) is 5.88 Å². The number of piperidine rings is 1. The SMILES string of the molecule is CCOc1cnc(C(=O)N2CCC(c3ccc(NC(=O)c4cccc(C(F)(F)F)c4C)cc3)CC2)cn1. The molecule has 2 aromatic carbocycles. The van der Waals surface area contributed by atoms with Gasteiger partial charge in [0, 0.05) is 24.3 Å². The van der Waals surface area contributed by atoms with Crippen LogP contribution in [0, 0.1) is 6.92 Å². The molecule has 0 saturated carbocycles. The van der Waals surface area contributed by atoms with Gasteiger partial charge in [0.25, 0.3) is 11.8 Å². The second-order valence-corrected chi connectivity index (χ2v) is 8.79. The van der Waals surface area contributed by atoms with Gasteiger partial charge < -0.3 is 15.0 Å².